The van der Waals surface area contributed by atoms with Crippen LogP contribution in [-0.4, -0.2) is 26.3 Å². The second kappa shape index (κ2) is 9.32. The lowest BCUT2D eigenvalue weighted by Crippen LogP contribution is -2.12. The van der Waals surface area contributed by atoms with Crippen LogP contribution < -0.4 is 0 Å². The molecule has 2 aromatic heterocycles. The topological polar surface area (TPSA) is 78.0 Å². The van der Waals surface area contributed by atoms with E-state index in [1.807, 2.05) is 6.92 Å². The molecular weight excluding hydrogens is 459 g/mol. The highest BCUT2D eigenvalue weighted by atomic mass is 19.4. The van der Waals surface area contributed by atoms with Crippen molar-refractivity contribution in [1.29, 1.82) is 0 Å². The Morgan fingerprint density at radius 3 is 2.40 bits per heavy atom. The fourth-order valence-corrected chi connectivity index (χ4v) is 3.87. The molecule has 0 fully saturated rings. The molecule has 4 rings (SSSR count). The highest BCUT2D eigenvalue weighted by Crippen LogP contribution is 2.32. The second-order valence-corrected chi connectivity index (χ2v) is 8.37. The Labute approximate surface area is 199 Å². The second-order valence-electron chi connectivity index (χ2n) is 8.37. The number of aryl methyl sites for hydroxylation is 3. The highest BCUT2D eigenvalue weighted by Gasteiger charge is 2.32. The number of alkyl halides is 3. The molecule has 0 radical (unpaired) electrons. The minimum absolute atomic E-state index is 0.0544. The minimum atomic E-state index is -4.61. The third kappa shape index (κ3) is 5.24. The Balaban J connectivity index is 1.62. The summed E-state index contributed by atoms with van der Waals surface area (Å²) in [7, 11) is 0. The van der Waals surface area contributed by atoms with E-state index in [1.165, 1.54) is 23.0 Å². The van der Waals surface area contributed by atoms with Gasteiger partial charge < -0.3 is 9.09 Å². The van der Waals surface area contributed by atoms with Gasteiger partial charge in [-0.2, -0.15) is 13.2 Å². The largest absolute Gasteiger partial charge is 0.416 e. The molecule has 0 saturated carbocycles. The van der Waals surface area contributed by atoms with Gasteiger partial charge in [0.15, 0.2) is 11.6 Å². The van der Waals surface area contributed by atoms with Gasteiger partial charge in [-0.3, -0.25) is 9.59 Å². The number of rotatable bonds is 7. The normalized spacial score (nSPS) is 11.6. The molecule has 0 saturated heterocycles. The first-order valence-corrected chi connectivity index (χ1v) is 10.8. The summed E-state index contributed by atoms with van der Waals surface area (Å²) in [5.74, 6) is 0.283. The van der Waals surface area contributed by atoms with Gasteiger partial charge in [-0.05, 0) is 55.7 Å². The van der Waals surface area contributed by atoms with Crippen molar-refractivity contribution in [2.45, 2.75) is 39.8 Å². The number of ketones is 2. The smallest absolute Gasteiger partial charge is 0.361 e. The molecule has 0 aliphatic carbocycles. The van der Waals surface area contributed by atoms with E-state index >= 15 is 0 Å². The molecule has 2 heterocycles. The molecule has 180 valence electrons. The Morgan fingerprint density at radius 1 is 1.00 bits per heavy atom. The number of imidazole rings is 1. The molecule has 6 nitrogen and oxygen atoms in total. The van der Waals surface area contributed by atoms with Crippen molar-refractivity contribution in [3.05, 3.63) is 100.0 Å². The summed E-state index contributed by atoms with van der Waals surface area (Å²) in [5.41, 5.74) is 1.81. The molecule has 0 spiro atoms. The van der Waals surface area contributed by atoms with E-state index in [1.54, 1.807) is 38.2 Å². The van der Waals surface area contributed by atoms with Gasteiger partial charge in [0.2, 0.25) is 0 Å². The van der Waals surface area contributed by atoms with E-state index in [4.69, 9.17) is 4.52 Å². The maximum absolute atomic E-state index is 13.6. The number of aromatic nitrogens is 3. The van der Waals surface area contributed by atoms with Crippen LogP contribution in [0.3, 0.4) is 0 Å². The lowest BCUT2D eigenvalue weighted by molar-refractivity contribution is -0.137. The van der Waals surface area contributed by atoms with Gasteiger partial charge in [-0.15, -0.1) is 0 Å². The molecule has 0 aliphatic rings. The van der Waals surface area contributed by atoms with Crippen molar-refractivity contribution in [2.24, 2.45) is 0 Å². The van der Waals surface area contributed by atoms with Crippen LogP contribution >= 0.6 is 0 Å². The van der Waals surface area contributed by atoms with Crippen molar-refractivity contribution in [3.8, 4) is 5.69 Å². The van der Waals surface area contributed by atoms with Crippen molar-refractivity contribution >= 4 is 11.6 Å². The summed E-state index contributed by atoms with van der Waals surface area (Å²) in [4.78, 5) is 29.8. The molecule has 0 bridgehead atoms. The van der Waals surface area contributed by atoms with Crippen LogP contribution in [0.5, 0.6) is 0 Å². The lowest BCUT2D eigenvalue weighted by atomic mass is 9.94. The molecule has 0 amide bonds. The molecular formula is C26H22F3N3O3. The SMILES string of the molecule is Cc1ccc(CC(=O)c2cc(-n3ccnc3C)cc(C(F)(F)F)c2)cc1CC(=O)c1cnoc1C. The van der Waals surface area contributed by atoms with Gasteiger partial charge in [-0.25, -0.2) is 4.98 Å². The Kier molecular flexibility index (Phi) is 6.43. The number of nitrogens with zero attached hydrogens (tertiary/aromatic N) is 3. The van der Waals surface area contributed by atoms with Gasteiger partial charge in [0.05, 0.1) is 17.3 Å². The molecule has 35 heavy (non-hydrogen) atoms. The zero-order valence-corrected chi connectivity index (χ0v) is 19.3. The average Bonchev–Trinajstić information content (AvgIpc) is 3.43. The summed E-state index contributed by atoms with van der Waals surface area (Å²) in [6.45, 7) is 5.16. The molecule has 0 aliphatic heterocycles. The van der Waals surface area contributed by atoms with E-state index in [0.29, 0.717) is 22.7 Å². The third-order valence-corrected chi connectivity index (χ3v) is 5.85. The van der Waals surface area contributed by atoms with Crippen LogP contribution in [-0.2, 0) is 19.0 Å². The van der Waals surface area contributed by atoms with Crippen LogP contribution in [0.2, 0.25) is 0 Å². The first-order valence-electron chi connectivity index (χ1n) is 10.8. The van der Waals surface area contributed by atoms with Crippen LogP contribution in [0.1, 0.15) is 54.6 Å². The van der Waals surface area contributed by atoms with E-state index in [0.717, 1.165) is 23.3 Å². The lowest BCUT2D eigenvalue weighted by Gasteiger charge is -2.14. The summed E-state index contributed by atoms with van der Waals surface area (Å²) >= 11 is 0. The fraction of sp³-hybridized carbons (Fsp3) is 0.231. The Morgan fingerprint density at radius 2 is 1.77 bits per heavy atom. The average molecular weight is 481 g/mol. The molecule has 4 aromatic rings. The van der Waals surface area contributed by atoms with Crippen LogP contribution in [0.25, 0.3) is 5.69 Å². The van der Waals surface area contributed by atoms with Crippen LogP contribution in [0.4, 0.5) is 13.2 Å². The van der Waals surface area contributed by atoms with Crippen LogP contribution in [0, 0.1) is 20.8 Å². The predicted molar refractivity (Wildman–Crippen MR) is 122 cm³/mol. The highest BCUT2D eigenvalue weighted by molar-refractivity contribution is 5.99. The van der Waals surface area contributed by atoms with Crippen molar-refractivity contribution in [3.63, 3.8) is 0 Å². The number of Topliss-reactive ketones (excluding diaryl/α,β-unsaturated/α-hetero) is 2. The van der Waals surface area contributed by atoms with Gasteiger partial charge in [0, 0.05) is 36.5 Å². The monoisotopic (exact) mass is 481 g/mol. The molecule has 9 heteroatoms. The summed E-state index contributed by atoms with van der Waals surface area (Å²) < 4.78 is 47.1. The maximum atomic E-state index is 13.6. The number of benzene rings is 2. The maximum Gasteiger partial charge on any atom is 0.416 e. The first kappa shape index (κ1) is 24.1. The summed E-state index contributed by atoms with van der Waals surface area (Å²) in [6.07, 6.45) is -0.252. The van der Waals surface area contributed by atoms with Gasteiger partial charge >= 0.3 is 6.18 Å². The van der Waals surface area contributed by atoms with E-state index in [2.05, 4.69) is 10.1 Å². The zero-order valence-electron chi connectivity index (χ0n) is 19.3. The standard InChI is InChI=1S/C26H22F3N3O3/c1-15-4-5-18(8-19(15)12-25(34)23-14-31-35-16(23)2)9-24(33)20-10-21(26(27,28)29)13-22(11-20)32-7-6-30-17(32)3/h4-8,10-11,13-14H,9,12H2,1-3H3. The third-order valence-electron chi connectivity index (χ3n) is 5.85. The Bertz CT molecular complexity index is 1420. The summed E-state index contributed by atoms with van der Waals surface area (Å²) in [5, 5.41) is 3.63. The van der Waals surface area contributed by atoms with Gasteiger partial charge in [0.1, 0.15) is 11.6 Å². The van der Waals surface area contributed by atoms with Gasteiger partial charge in [-0.1, -0.05) is 23.4 Å². The van der Waals surface area contributed by atoms with Crippen molar-refractivity contribution in [1.82, 2.24) is 14.7 Å². The van der Waals surface area contributed by atoms with Crippen molar-refractivity contribution in [2.75, 3.05) is 0 Å². The number of halogens is 3. The van der Waals surface area contributed by atoms with E-state index < -0.39 is 17.5 Å². The van der Waals surface area contributed by atoms with Gasteiger partial charge in [0.25, 0.3) is 0 Å². The minimum Gasteiger partial charge on any atom is -0.361 e. The quantitative estimate of drug-likeness (QED) is 0.319. The predicted octanol–water partition coefficient (Wildman–Crippen LogP) is 5.66. The zero-order chi connectivity index (χ0) is 25.3. The number of hydrogen-bond donors (Lipinski definition) is 0. The van der Waals surface area contributed by atoms with Crippen LogP contribution in [0.15, 0.2) is 59.5 Å². The van der Waals surface area contributed by atoms with E-state index in [9.17, 15) is 22.8 Å². The van der Waals surface area contributed by atoms with E-state index in [-0.39, 0.29) is 29.9 Å². The molecule has 2 aromatic carbocycles. The summed E-state index contributed by atoms with van der Waals surface area (Å²) in [6, 6.07) is 8.56. The fourth-order valence-electron chi connectivity index (χ4n) is 3.87. The molecule has 0 atom stereocenters. The number of carbonyl (C=O) groups excluding carboxylic acids is 2. The molecule has 0 N–H and O–H groups in total. The first-order chi connectivity index (χ1) is 16.5. The Hall–Kier alpha value is -4.01. The van der Waals surface area contributed by atoms with Crippen molar-refractivity contribution < 1.29 is 27.3 Å². The number of hydrogen-bond acceptors (Lipinski definition) is 5. The number of carbonyl (C=O) groups is 2. The molecule has 0 unspecified atom stereocenters.